The lowest BCUT2D eigenvalue weighted by Crippen LogP contribution is -2.49. The maximum absolute atomic E-state index is 13.7. The van der Waals surface area contributed by atoms with Crippen LogP contribution in [0.2, 0.25) is 0 Å². The molecule has 6 nitrogen and oxygen atoms in total. The predicted molar refractivity (Wildman–Crippen MR) is 124 cm³/mol. The molecule has 1 saturated carbocycles. The Balaban J connectivity index is 1.56. The molecule has 0 spiro atoms. The van der Waals surface area contributed by atoms with Crippen molar-refractivity contribution in [2.24, 2.45) is 0 Å². The molecule has 3 atom stereocenters. The Morgan fingerprint density at radius 1 is 1.03 bits per heavy atom. The minimum atomic E-state index is -0.766. The standard InChI is InChI=1S/C26H34N2O4/c1-4-14-27-15-17-28(18-16-27)24(20-8-6-5-7-9-20)32-25(29)26(19-23(26)31-3)21-10-12-22(30-2)13-11-21/h5-13,23-24H,4,14-19H2,1-3H3/t23-,24?,26-/m1/s1. The van der Waals surface area contributed by atoms with Crippen LogP contribution in [0.5, 0.6) is 5.75 Å². The minimum absolute atomic E-state index is 0.179. The molecule has 2 aliphatic rings. The predicted octanol–water partition coefficient (Wildman–Crippen LogP) is 3.62. The molecular formula is C26H34N2O4. The summed E-state index contributed by atoms with van der Waals surface area (Å²) in [5, 5.41) is 0. The first-order valence-corrected chi connectivity index (χ1v) is 11.5. The van der Waals surface area contributed by atoms with E-state index in [0.29, 0.717) is 6.42 Å². The highest BCUT2D eigenvalue weighted by Gasteiger charge is 2.64. The highest BCUT2D eigenvalue weighted by molar-refractivity contribution is 5.88. The first-order valence-electron chi connectivity index (χ1n) is 11.5. The van der Waals surface area contributed by atoms with E-state index >= 15 is 0 Å². The summed E-state index contributed by atoms with van der Waals surface area (Å²) in [5.74, 6) is 0.540. The second-order valence-electron chi connectivity index (χ2n) is 8.67. The number of esters is 1. The maximum Gasteiger partial charge on any atom is 0.321 e. The van der Waals surface area contributed by atoms with Gasteiger partial charge in [0, 0.05) is 38.9 Å². The normalized spacial score (nSPS) is 24.7. The van der Waals surface area contributed by atoms with Crippen LogP contribution in [0.4, 0.5) is 0 Å². The SMILES string of the molecule is CCCN1CCN(C(OC(=O)[C@@]2(c3ccc(OC)cc3)C[C@H]2OC)c2ccccc2)CC1. The second-order valence-corrected chi connectivity index (χ2v) is 8.67. The lowest BCUT2D eigenvalue weighted by atomic mass is 9.95. The lowest BCUT2D eigenvalue weighted by molar-refractivity contribution is -0.166. The lowest BCUT2D eigenvalue weighted by Gasteiger charge is -2.39. The van der Waals surface area contributed by atoms with Crippen molar-refractivity contribution in [1.29, 1.82) is 0 Å². The van der Waals surface area contributed by atoms with Gasteiger partial charge in [-0.1, -0.05) is 49.4 Å². The van der Waals surface area contributed by atoms with Gasteiger partial charge in [0.1, 0.15) is 11.2 Å². The number of hydrogen-bond donors (Lipinski definition) is 0. The van der Waals surface area contributed by atoms with Gasteiger partial charge in [-0.2, -0.15) is 0 Å². The van der Waals surface area contributed by atoms with Crippen LogP contribution in [0, 0.1) is 0 Å². The van der Waals surface area contributed by atoms with E-state index in [1.165, 1.54) is 0 Å². The van der Waals surface area contributed by atoms with Crippen LogP contribution in [0.3, 0.4) is 0 Å². The van der Waals surface area contributed by atoms with E-state index in [1.54, 1.807) is 14.2 Å². The quantitative estimate of drug-likeness (QED) is 0.558. The molecule has 2 fully saturated rings. The maximum atomic E-state index is 13.7. The van der Waals surface area contributed by atoms with Crippen molar-refractivity contribution < 1.29 is 19.0 Å². The Labute approximate surface area is 191 Å². The minimum Gasteiger partial charge on any atom is -0.497 e. The topological polar surface area (TPSA) is 51.2 Å². The van der Waals surface area contributed by atoms with Crippen LogP contribution < -0.4 is 4.74 Å². The molecular weight excluding hydrogens is 404 g/mol. The van der Waals surface area contributed by atoms with Crippen molar-refractivity contribution in [2.75, 3.05) is 46.9 Å². The second kappa shape index (κ2) is 10.0. The number of piperazine rings is 1. The number of rotatable bonds is 9. The average Bonchev–Trinajstić information content (AvgIpc) is 3.60. The summed E-state index contributed by atoms with van der Waals surface area (Å²) in [5.41, 5.74) is 1.15. The molecule has 0 N–H and O–H groups in total. The van der Waals surface area contributed by atoms with E-state index in [-0.39, 0.29) is 12.1 Å². The molecule has 0 radical (unpaired) electrons. The van der Waals surface area contributed by atoms with E-state index in [2.05, 4.69) is 16.7 Å². The van der Waals surface area contributed by atoms with Crippen molar-refractivity contribution in [3.8, 4) is 5.75 Å². The smallest absolute Gasteiger partial charge is 0.321 e. The van der Waals surface area contributed by atoms with Crippen molar-refractivity contribution >= 4 is 5.97 Å². The zero-order chi connectivity index (χ0) is 22.6. The summed E-state index contributed by atoms with van der Waals surface area (Å²) < 4.78 is 17.2. The third kappa shape index (κ3) is 4.53. The van der Waals surface area contributed by atoms with Crippen LogP contribution >= 0.6 is 0 Å². The molecule has 0 bridgehead atoms. The summed E-state index contributed by atoms with van der Waals surface area (Å²) in [4.78, 5) is 18.4. The Hall–Kier alpha value is -2.41. The highest BCUT2D eigenvalue weighted by atomic mass is 16.6. The van der Waals surface area contributed by atoms with E-state index in [9.17, 15) is 4.79 Å². The van der Waals surface area contributed by atoms with Gasteiger partial charge in [0.25, 0.3) is 0 Å². The van der Waals surface area contributed by atoms with Gasteiger partial charge in [-0.15, -0.1) is 0 Å². The van der Waals surface area contributed by atoms with Gasteiger partial charge in [0.15, 0.2) is 6.23 Å². The zero-order valence-corrected chi connectivity index (χ0v) is 19.3. The molecule has 4 rings (SSSR count). The van der Waals surface area contributed by atoms with Gasteiger partial charge in [-0.25, -0.2) is 0 Å². The molecule has 32 heavy (non-hydrogen) atoms. The largest absolute Gasteiger partial charge is 0.497 e. The summed E-state index contributed by atoms with van der Waals surface area (Å²) >= 11 is 0. The average molecular weight is 439 g/mol. The Morgan fingerprint density at radius 2 is 1.72 bits per heavy atom. The molecule has 1 aliphatic carbocycles. The third-order valence-corrected chi connectivity index (χ3v) is 6.73. The molecule has 0 aromatic heterocycles. The molecule has 2 aromatic rings. The molecule has 2 aromatic carbocycles. The molecule has 6 heteroatoms. The third-order valence-electron chi connectivity index (χ3n) is 6.73. The van der Waals surface area contributed by atoms with Crippen LogP contribution in [0.25, 0.3) is 0 Å². The fourth-order valence-electron chi connectivity index (χ4n) is 4.76. The van der Waals surface area contributed by atoms with E-state index in [0.717, 1.165) is 56.0 Å². The monoisotopic (exact) mass is 438 g/mol. The number of carbonyl (C=O) groups is 1. The summed E-state index contributed by atoms with van der Waals surface area (Å²) in [6, 6.07) is 17.7. The van der Waals surface area contributed by atoms with Crippen molar-refractivity contribution in [3.63, 3.8) is 0 Å². The molecule has 0 amide bonds. The van der Waals surface area contributed by atoms with Crippen molar-refractivity contribution in [3.05, 3.63) is 65.7 Å². The Bertz CT molecular complexity index is 880. The van der Waals surface area contributed by atoms with E-state index < -0.39 is 11.6 Å². The van der Waals surface area contributed by atoms with Gasteiger partial charge in [0.05, 0.1) is 13.2 Å². The van der Waals surface area contributed by atoms with Crippen molar-refractivity contribution in [1.82, 2.24) is 9.80 Å². The zero-order valence-electron chi connectivity index (χ0n) is 19.3. The Kier molecular flexibility index (Phi) is 7.13. The van der Waals surface area contributed by atoms with Gasteiger partial charge in [-0.05, 0) is 37.1 Å². The van der Waals surface area contributed by atoms with Gasteiger partial charge < -0.3 is 19.1 Å². The summed E-state index contributed by atoms with van der Waals surface area (Å²) in [6.45, 7) is 7.03. The van der Waals surface area contributed by atoms with Gasteiger partial charge in [-0.3, -0.25) is 9.69 Å². The molecule has 1 unspecified atom stereocenters. The van der Waals surface area contributed by atoms with E-state index in [4.69, 9.17) is 14.2 Å². The van der Waals surface area contributed by atoms with Crippen LogP contribution in [-0.2, 0) is 19.7 Å². The first kappa shape index (κ1) is 22.8. The number of hydrogen-bond acceptors (Lipinski definition) is 6. The molecule has 1 heterocycles. The molecule has 1 aliphatic heterocycles. The number of carbonyl (C=O) groups excluding carboxylic acids is 1. The number of nitrogens with zero attached hydrogens (tertiary/aromatic N) is 2. The Morgan fingerprint density at radius 3 is 2.28 bits per heavy atom. The number of methoxy groups -OCH3 is 2. The number of benzene rings is 2. The van der Waals surface area contributed by atoms with Crippen molar-refractivity contribution in [2.45, 2.75) is 37.5 Å². The van der Waals surface area contributed by atoms with Gasteiger partial charge >= 0.3 is 5.97 Å². The van der Waals surface area contributed by atoms with E-state index in [1.807, 2.05) is 54.6 Å². The first-order chi connectivity index (χ1) is 15.6. The fourth-order valence-corrected chi connectivity index (χ4v) is 4.76. The summed E-state index contributed by atoms with van der Waals surface area (Å²) in [7, 11) is 3.30. The molecule has 1 saturated heterocycles. The highest BCUT2D eigenvalue weighted by Crippen LogP contribution is 2.52. The number of ether oxygens (including phenoxy) is 3. The van der Waals surface area contributed by atoms with Crippen LogP contribution in [-0.4, -0.2) is 68.8 Å². The molecule has 172 valence electrons. The van der Waals surface area contributed by atoms with Gasteiger partial charge in [0.2, 0.25) is 0 Å². The van der Waals surface area contributed by atoms with Crippen LogP contribution in [0.15, 0.2) is 54.6 Å². The summed E-state index contributed by atoms with van der Waals surface area (Å²) in [6.07, 6.45) is 1.20. The van der Waals surface area contributed by atoms with Crippen LogP contribution in [0.1, 0.15) is 37.1 Å². The fraction of sp³-hybridized carbons (Fsp3) is 0.500.